The summed E-state index contributed by atoms with van der Waals surface area (Å²) in [5, 5.41) is 12.8. The summed E-state index contributed by atoms with van der Waals surface area (Å²) in [7, 11) is 0. The van der Waals surface area contributed by atoms with Crippen LogP contribution in [-0.2, 0) is 6.42 Å². The predicted octanol–water partition coefficient (Wildman–Crippen LogP) is 2.34. The lowest BCUT2D eigenvalue weighted by atomic mass is 10.0. The van der Waals surface area contributed by atoms with Crippen molar-refractivity contribution in [3.8, 4) is 11.5 Å². The molecule has 1 aromatic rings. The molecule has 0 saturated heterocycles. The maximum atomic E-state index is 9.34. The highest BCUT2D eigenvalue weighted by molar-refractivity contribution is 5.44. The molecule has 2 rings (SSSR count). The molecule has 4 heteroatoms. The van der Waals surface area contributed by atoms with Gasteiger partial charge in [-0.25, -0.2) is 0 Å². The van der Waals surface area contributed by atoms with Gasteiger partial charge in [0.2, 0.25) is 6.79 Å². The van der Waals surface area contributed by atoms with Crippen LogP contribution in [0.5, 0.6) is 11.5 Å². The van der Waals surface area contributed by atoms with Crippen LogP contribution in [0.4, 0.5) is 0 Å². The van der Waals surface area contributed by atoms with Crippen LogP contribution < -0.4 is 14.8 Å². The largest absolute Gasteiger partial charge is 0.454 e. The van der Waals surface area contributed by atoms with Crippen molar-refractivity contribution in [3.05, 3.63) is 23.8 Å². The maximum absolute atomic E-state index is 9.34. The van der Waals surface area contributed by atoms with Gasteiger partial charge in [-0.15, -0.1) is 0 Å². The van der Waals surface area contributed by atoms with Crippen LogP contribution in [0, 0.1) is 5.92 Å². The van der Waals surface area contributed by atoms with Gasteiger partial charge in [0.05, 0.1) is 6.61 Å². The Kier molecular flexibility index (Phi) is 5.26. The molecule has 4 nitrogen and oxygen atoms in total. The quantitative estimate of drug-likeness (QED) is 0.804. The number of aryl methyl sites for hydroxylation is 1. The van der Waals surface area contributed by atoms with Gasteiger partial charge in [0.1, 0.15) is 0 Å². The number of aliphatic hydroxyl groups is 1. The molecule has 1 heterocycles. The van der Waals surface area contributed by atoms with E-state index >= 15 is 0 Å². The average Bonchev–Trinajstić information content (AvgIpc) is 2.89. The minimum atomic E-state index is 0.168. The summed E-state index contributed by atoms with van der Waals surface area (Å²) in [6.45, 7) is 6.92. The van der Waals surface area contributed by atoms with Gasteiger partial charge < -0.3 is 19.9 Å². The van der Waals surface area contributed by atoms with Crippen molar-refractivity contribution in [1.82, 2.24) is 5.32 Å². The van der Waals surface area contributed by atoms with Gasteiger partial charge in [-0.3, -0.25) is 0 Å². The second-order valence-electron chi connectivity index (χ2n) is 5.83. The number of benzene rings is 1. The van der Waals surface area contributed by atoms with Crippen LogP contribution >= 0.6 is 0 Å². The summed E-state index contributed by atoms with van der Waals surface area (Å²) < 4.78 is 10.7. The predicted molar refractivity (Wildman–Crippen MR) is 79.2 cm³/mol. The maximum Gasteiger partial charge on any atom is 0.231 e. The second-order valence-corrected chi connectivity index (χ2v) is 5.83. The minimum absolute atomic E-state index is 0.168. The Morgan fingerprint density at radius 1 is 1.20 bits per heavy atom. The molecule has 2 atom stereocenters. The number of rotatable bonds is 7. The van der Waals surface area contributed by atoms with Gasteiger partial charge in [0.15, 0.2) is 11.5 Å². The first-order valence-electron chi connectivity index (χ1n) is 7.35. The van der Waals surface area contributed by atoms with Gasteiger partial charge in [-0.1, -0.05) is 19.9 Å². The highest BCUT2D eigenvalue weighted by Crippen LogP contribution is 2.32. The number of aliphatic hydroxyl groups excluding tert-OH is 1. The number of ether oxygens (including phenoxy) is 2. The molecule has 0 fully saturated rings. The standard InChI is InChI=1S/C16H25NO3/c1-11(2)14(9-18)17-12(3)4-5-13-6-7-15-16(8-13)20-10-19-15/h6-8,11-12,14,17-18H,4-5,9-10H2,1-3H3/t12?,14-/m1/s1. The second kappa shape index (κ2) is 6.95. The lowest BCUT2D eigenvalue weighted by Gasteiger charge is -2.24. The van der Waals surface area contributed by atoms with Gasteiger partial charge in [0.25, 0.3) is 0 Å². The molecule has 2 N–H and O–H groups in total. The highest BCUT2D eigenvalue weighted by Gasteiger charge is 2.16. The summed E-state index contributed by atoms with van der Waals surface area (Å²) in [6.07, 6.45) is 2.02. The van der Waals surface area contributed by atoms with Crippen LogP contribution in [0.1, 0.15) is 32.8 Å². The van der Waals surface area contributed by atoms with Crippen molar-refractivity contribution in [2.45, 2.75) is 45.7 Å². The summed E-state index contributed by atoms with van der Waals surface area (Å²) in [4.78, 5) is 0. The third kappa shape index (κ3) is 3.87. The molecule has 20 heavy (non-hydrogen) atoms. The zero-order chi connectivity index (χ0) is 14.5. The topological polar surface area (TPSA) is 50.7 Å². The third-order valence-corrected chi connectivity index (χ3v) is 3.80. The molecule has 0 aromatic heterocycles. The Morgan fingerprint density at radius 2 is 1.95 bits per heavy atom. The lowest BCUT2D eigenvalue weighted by Crippen LogP contribution is -2.42. The van der Waals surface area contributed by atoms with E-state index in [-0.39, 0.29) is 12.6 Å². The zero-order valence-corrected chi connectivity index (χ0v) is 12.6. The summed E-state index contributed by atoms with van der Waals surface area (Å²) in [6, 6.07) is 6.66. The van der Waals surface area contributed by atoms with Crippen LogP contribution in [0.3, 0.4) is 0 Å². The first kappa shape index (κ1) is 15.1. The van der Waals surface area contributed by atoms with Gasteiger partial charge >= 0.3 is 0 Å². The van der Waals surface area contributed by atoms with E-state index in [1.54, 1.807) is 0 Å². The molecule has 1 aliphatic rings. The van der Waals surface area contributed by atoms with E-state index in [2.05, 4.69) is 38.2 Å². The first-order valence-corrected chi connectivity index (χ1v) is 7.35. The third-order valence-electron chi connectivity index (χ3n) is 3.80. The van der Waals surface area contributed by atoms with Gasteiger partial charge in [0, 0.05) is 12.1 Å². The Hall–Kier alpha value is -1.26. The Labute approximate surface area is 121 Å². The van der Waals surface area contributed by atoms with Crippen LogP contribution in [0.25, 0.3) is 0 Å². The average molecular weight is 279 g/mol. The molecule has 1 unspecified atom stereocenters. The van der Waals surface area contributed by atoms with E-state index < -0.39 is 0 Å². The van der Waals surface area contributed by atoms with E-state index in [1.165, 1.54) is 5.56 Å². The number of hydrogen-bond donors (Lipinski definition) is 2. The van der Waals surface area contributed by atoms with Crippen LogP contribution in [0.2, 0.25) is 0 Å². The molecule has 0 radical (unpaired) electrons. The molecule has 0 aliphatic carbocycles. The molecule has 0 bridgehead atoms. The van der Waals surface area contributed by atoms with Gasteiger partial charge in [-0.05, 0) is 43.4 Å². The Bertz CT molecular complexity index is 434. The highest BCUT2D eigenvalue weighted by atomic mass is 16.7. The summed E-state index contributed by atoms with van der Waals surface area (Å²) in [5.74, 6) is 2.12. The van der Waals surface area contributed by atoms with Crippen LogP contribution in [0.15, 0.2) is 18.2 Å². The van der Waals surface area contributed by atoms with Crippen molar-refractivity contribution in [1.29, 1.82) is 0 Å². The van der Waals surface area contributed by atoms with E-state index in [9.17, 15) is 5.11 Å². The van der Waals surface area contributed by atoms with Crippen molar-refractivity contribution in [2.24, 2.45) is 5.92 Å². The van der Waals surface area contributed by atoms with E-state index in [4.69, 9.17) is 9.47 Å². The number of nitrogens with one attached hydrogen (secondary N) is 1. The van der Waals surface area contributed by atoms with E-state index in [1.807, 2.05) is 6.07 Å². The lowest BCUT2D eigenvalue weighted by molar-refractivity contribution is 0.174. The van der Waals surface area contributed by atoms with Crippen LogP contribution in [-0.4, -0.2) is 30.6 Å². The smallest absolute Gasteiger partial charge is 0.231 e. The van der Waals surface area contributed by atoms with Crippen molar-refractivity contribution in [2.75, 3.05) is 13.4 Å². The molecule has 0 spiro atoms. The molecule has 1 aromatic carbocycles. The number of fused-ring (bicyclic) bond motifs is 1. The molecular weight excluding hydrogens is 254 g/mol. The summed E-state index contributed by atoms with van der Waals surface area (Å²) >= 11 is 0. The van der Waals surface area contributed by atoms with Crippen molar-refractivity contribution in [3.63, 3.8) is 0 Å². The SMILES string of the molecule is CC(CCc1ccc2c(c1)OCO2)N[C@H](CO)C(C)C. The Balaban J connectivity index is 1.82. The first-order chi connectivity index (χ1) is 9.60. The molecule has 0 saturated carbocycles. The van der Waals surface area contributed by atoms with E-state index in [0.29, 0.717) is 18.8 Å². The number of hydrogen-bond acceptors (Lipinski definition) is 4. The summed E-state index contributed by atoms with van der Waals surface area (Å²) in [5.41, 5.74) is 1.26. The van der Waals surface area contributed by atoms with Crippen molar-refractivity contribution < 1.29 is 14.6 Å². The fourth-order valence-electron chi connectivity index (χ4n) is 2.38. The normalized spacial score (nSPS) is 16.4. The fourth-order valence-corrected chi connectivity index (χ4v) is 2.38. The van der Waals surface area contributed by atoms with Gasteiger partial charge in [-0.2, -0.15) is 0 Å². The molecule has 0 amide bonds. The van der Waals surface area contributed by atoms with Crippen molar-refractivity contribution >= 4 is 0 Å². The Morgan fingerprint density at radius 3 is 2.65 bits per heavy atom. The molecular formula is C16H25NO3. The monoisotopic (exact) mass is 279 g/mol. The minimum Gasteiger partial charge on any atom is -0.454 e. The molecule has 112 valence electrons. The van der Waals surface area contributed by atoms with E-state index in [0.717, 1.165) is 24.3 Å². The zero-order valence-electron chi connectivity index (χ0n) is 12.6. The molecule has 1 aliphatic heterocycles. The fraction of sp³-hybridized carbons (Fsp3) is 0.625.